The molecule has 1 unspecified atom stereocenters. The Morgan fingerprint density at radius 3 is 2.76 bits per heavy atom. The fourth-order valence-electron chi connectivity index (χ4n) is 2.77. The molecule has 2 heterocycles. The van der Waals surface area contributed by atoms with Gasteiger partial charge in [-0.05, 0) is 5.92 Å². The average Bonchev–Trinajstić information content (AvgIpc) is 2.97. The van der Waals surface area contributed by atoms with Gasteiger partial charge in [-0.1, -0.05) is 13.8 Å². The van der Waals surface area contributed by atoms with E-state index in [2.05, 4.69) is 10.3 Å². The summed E-state index contributed by atoms with van der Waals surface area (Å²) in [4.78, 5) is 16.7. The number of aromatic nitrogens is 2. The van der Waals surface area contributed by atoms with E-state index in [1.807, 2.05) is 13.8 Å². The number of ether oxygens (including phenoxy) is 2. The van der Waals surface area contributed by atoms with E-state index < -0.39 is 17.7 Å². The highest BCUT2D eigenvalue weighted by Crippen LogP contribution is 2.25. The molecule has 6 nitrogen and oxygen atoms in total. The van der Waals surface area contributed by atoms with E-state index in [1.54, 1.807) is 4.57 Å². The number of benzene rings is 1. The number of halogens is 2. The highest BCUT2D eigenvalue weighted by atomic mass is 19.2. The first-order valence-corrected chi connectivity index (χ1v) is 8.00. The van der Waals surface area contributed by atoms with Crippen LogP contribution >= 0.6 is 0 Å². The molecule has 0 spiro atoms. The van der Waals surface area contributed by atoms with Gasteiger partial charge in [0, 0.05) is 12.1 Å². The van der Waals surface area contributed by atoms with Crippen molar-refractivity contribution in [3.63, 3.8) is 0 Å². The Morgan fingerprint density at radius 1 is 1.32 bits per heavy atom. The van der Waals surface area contributed by atoms with Crippen molar-refractivity contribution in [2.75, 3.05) is 19.8 Å². The second kappa shape index (κ2) is 7.08. The molecule has 1 aromatic heterocycles. The quantitative estimate of drug-likeness (QED) is 0.899. The molecule has 1 aliphatic heterocycles. The molecule has 0 saturated carbocycles. The molecule has 1 N–H and O–H groups in total. The molecule has 8 heteroatoms. The van der Waals surface area contributed by atoms with Gasteiger partial charge in [0.15, 0.2) is 11.6 Å². The number of nitrogens with one attached hydrogen (secondary N) is 1. The monoisotopic (exact) mass is 351 g/mol. The fraction of sp³-hybridized carbons (Fsp3) is 0.412. The van der Waals surface area contributed by atoms with Gasteiger partial charge in [0.2, 0.25) is 5.91 Å². The molecule has 134 valence electrons. The van der Waals surface area contributed by atoms with Gasteiger partial charge < -0.3 is 19.4 Å². The predicted octanol–water partition coefficient (Wildman–Crippen LogP) is 2.52. The maximum atomic E-state index is 13.6. The SMILES string of the molecule is CC(C)C(C(=O)NCC1=COCCO1)n1cnc2cc(F)c(F)cc21. The summed E-state index contributed by atoms with van der Waals surface area (Å²) < 4.78 is 39.1. The van der Waals surface area contributed by atoms with E-state index in [0.29, 0.717) is 30.0 Å². The molecule has 1 amide bonds. The first kappa shape index (κ1) is 17.2. The number of hydrogen-bond acceptors (Lipinski definition) is 4. The lowest BCUT2D eigenvalue weighted by Crippen LogP contribution is -2.37. The predicted molar refractivity (Wildman–Crippen MR) is 86.5 cm³/mol. The lowest BCUT2D eigenvalue weighted by molar-refractivity contribution is -0.125. The average molecular weight is 351 g/mol. The number of fused-ring (bicyclic) bond motifs is 1. The zero-order valence-electron chi connectivity index (χ0n) is 14.0. The minimum atomic E-state index is -0.977. The number of rotatable bonds is 5. The molecule has 0 aliphatic carbocycles. The minimum absolute atomic E-state index is 0.0944. The normalized spacial score (nSPS) is 15.5. The minimum Gasteiger partial charge on any atom is -0.494 e. The second-order valence-electron chi connectivity index (χ2n) is 6.12. The molecular weight excluding hydrogens is 332 g/mol. The van der Waals surface area contributed by atoms with Crippen LogP contribution in [0.3, 0.4) is 0 Å². The Bertz CT molecular complexity index is 817. The van der Waals surface area contributed by atoms with Crippen LogP contribution in [0.5, 0.6) is 0 Å². The van der Waals surface area contributed by atoms with E-state index >= 15 is 0 Å². The van der Waals surface area contributed by atoms with Crippen LogP contribution in [-0.4, -0.2) is 35.2 Å². The van der Waals surface area contributed by atoms with E-state index in [4.69, 9.17) is 9.47 Å². The molecule has 0 radical (unpaired) electrons. The van der Waals surface area contributed by atoms with E-state index in [1.165, 1.54) is 12.6 Å². The summed E-state index contributed by atoms with van der Waals surface area (Å²) in [5.41, 5.74) is 0.660. The standard InChI is InChI=1S/C17H19F2N3O3/c1-10(2)16(17(23)20-7-11-8-24-3-4-25-11)22-9-21-14-5-12(18)13(19)6-15(14)22/h5-6,8-10,16H,3-4,7H2,1-2H3,(H,20,23). The van der Waals surface area contributed by atoms with Crippen molar-refractivity contribution in [2.24, 2.45) is 5.92 Å². The highest BCUT2D eigenvalue weighted by molar-refractivity contribution is 5.84. The van der Waals surface area contributed by atoms with Crippen LogP contribution in [0.25, 0.3) is 11.0 Å². The molecule has 1 aromatic carbocycles. The van der Waals surface area contributed by atoms with Gasteiger partial charge in [-0.3, -0.25) is 4.79 Å². The van der Waals surface area contributed by atoms with Crippen LogP contribution in [0.4, 0.5) is 8.78 Å². The number of imidazole rings is 1. The summed E-state index contributed by atoms with van der Waals surface area (Å²) in [6, 6.07) is 1.45. The smallest absolute Gasteiger partial charge is 0.243 e. The van der Waals surface area contributed by atoms with Crippen molar-refractivity contribution in [3.8, 4) is 0 Å². The summed E-state index contributed by atoms with van der Waals surface area (Å²) in [6.07, 6.45) is 2.90. The maximum absolute atomic E-state index is 13.6. The lowest BCUT2D eigenvalue weighted by atomic mass is 10.0. The number of carbonyl (C=O) groups excluding carboxylic acids is 1. The molecule has 0 fully saturated rings. The van der Waals surface area contributed by atoms with Gasteiger partial charge in [0.25, 0.3) is 0 Å². The van der Waals surface area contributed by atoms with Gasteiger partial charge in [-0.25, -0.2) is 13.8 Å². The van der Waals surface area contributed by atoms with Gasteiger partial charge >= 0.3 is 0 Å². The van der Waals surface area contributed by atoms with Crippen LogP contribution < -0.4 is 5.32 Å². The molecule has 25 heavy (non-hydrogen) atoms. The van der Waals surface area contributed by atoms with Crippen LogP contribution in [0, 0.1) is 17.6 Å². The van der Waals surface area contributed by atoms with E-state index in [-0.39, 0.29) is 18.4 Å². The highest BCUT2D eigenvalue weighted by Gasteiger charge is 2.26. The van der Waals surface area contributed by atoms with Crippen molar-refractivity contribution in [2.45, 2.75) is 19.9 Å². The van der Waals surface area contributed by atoms with Gasteiger partial charge in [0.1, 0.15) is 31.3 Å². The van der Waals surface area contributed by atoms with Crippen molar-refractivity contribution in [1.82, 2.24) is 14.9 Å². The molecule has 0 saturated heterocycles. The van der Waals surface area contributed by atoms with Crippen LogP contribution in [-0.2, 0) is 14.3 Å². The van der Waals surface area contributed by atoms with Crippen LogP contribution in [0.2, 0.25) is 0 Å². The number of hydrogen-bond donors (Lipinski definition) is 1. The molecular formula is C17H19F2N3O3. The number of amides is 1. The molecule has 1 aliphatic rings. The molecule has 0 bridgehead atoms. The van der Waals surface area contributed by atoms with Crippen molar-refractivity contribution in [3.05, 3.63) is 42.1 Å². The third-order valence-electron chi connectivity index (χ3n) is 3.96. The van der Waals surface area contributed by atoms with Crippen LogP contribution in [0.1, 0.15) is 19.9 Å². The Labute approximate surface area is 143 Å². The summed E-state index contributed by atoms with van der Waals surface area (Å²) in [5.74, 6) is -1.78. The molecule has 2 aromatic rings. The van der Waals surface area contributed by atoms with Crippen LogP contribution in [0.15, 0.2) is 30.5 Å². The van der Waals surface area contributed by atoms with Gasteiger partial charge in [-0.2, -0.15) is 0 Å². The first-order chi connectivity index (χ1) is 12.0. The Morgan fingerprint density at radius 2 is 2.08 bits per heavy atom. The number of carbonyl (C=O) groups is 1. The van der Waals surface area contributed by atoms with Crippen molar-refractivity contribution < 1.29 is 23.0 Å². The zero-order valence-corrected chi connectivity index (χ0v) is 14.0. The van der Waals surface area contributed by atoms with Gasteiger partial charge in [-0.15, -0.1) is 0 Å². The molecule has 3 rings (SSSR count). The Kier molecular flexibility index (Phi) is 4.87. The largest absolute Gasteiger partial charge is 0.494 e. The first-order valence-electron chi connectivity index (χ1n) is 8.00. The topological polar surface area (TPSA) is 65.4 Å². The summed E-state index contributed by atoms with van der Waals surface area (Å²) in [5, 5.41) is 2.78. The summed E-state index contributed by atoms with van der Waals surface area (Å²) in [7, 11) is 0. The van der Waals surface area contributed by atoms with E-state index in [9.17, 15) is 13.6 Å². The maximum Gasteiger partial charge on any atom is 0.243 e. The third-order valence-corrected chi connectivity index (χ3v) is 3.96. The van der Waals surface area contributed by atoms with Gasteiger partial charge in [0.05, 0.1) is 23.9 Å². The summed E-state index contributed by atoms with van der Waals surface area (Å²) in [6.45, 7) is 4.85. The third kappa shape index (κ3) is 3.57. The second-order valence-corrected chi connectivity index (χ2v) is 6.12. The lowest BCUT2D eigenvalue weighted by Gasteiger charge is -2.23. The van der Waals surface area contributed by atoms with Crippen molar-refractivity contribution >= 4 is 16.9 Å². The zero-order chi connectivity index (χ0) is 18.0. The fourth-order valence-corrected chi connectivity index (χ4v) is 2.77. The molecule has 1 atom stereocenters. The Balaban J connectivity index is 1.84. The van der Waals surface area contributed by atoms with E-state index in [0.717, 1.165) is 12.1 Å². The Hall–Kier alpha value is -2.64. The van der Waals surface area contributed by atoms with Crippen molar-refractivity contribution in [1.29, 1.82) is 0 Å². The summed E-state index contributed by atoms with van der Waals surface area (Å²) >= 11 is 0. The number of nitrogens with zero attached hydrogens (tertiary/aromatic N) is 2.